The second-order valence-electron chi connectivity index (χ2n) is 3.31. The number of thioether (sulfide) groups is 1. The maximum Gasteiger partial charge on any atom is 0.0148 e. The molecule has 0 atom stereocenters. The van der Waals surface area contributed by atoms with Gasteiger partial charge in [0.05, 0.1) is 0 Å². The minimum absolute atomic E-state index is 1.06. The van der Waals surface area contributed by atoms with Gasteiger partial charge in [0.25, 0.3) is 0 Å². The Morgan fingerprint density at radius 3 is 2.40 bits per heavy atom. The quantitative estimate of drug-likeness (QED) is 0.679. The summed E-state index contributed by atoms with van der Waals surface area (Å²) < 4.78 is 0. The molecule has 1 rings (SSSR count). The van der Waals surface area contributed by atoms with E-state index in [0.717, 1.165) is 12.8 Å². The summed E-state index contributed by atoms with van der Waals surface area (Å²) in [5.74, 6) is 0. The number of hydrogen-bond donors (Lipinski definition) is 0. The van der Waals surface area contributed by atoms with Gasteiger partial charge in [0.2, 0.25) is 0 Å². The molecule has 0 fully saturated rings. The SMILES string of the molecule is C=CS/C(=C\CC)c1ccc(CC)cc1. The van der Waals surface area contributed by atoms with E-state index in [0.29, 0.717) is 0 Å². The summed E-state index contributed by atoms with van der Waals surface area (Å²) in [6, 6.07) is 8.78. The summed E-state index contributed by atoms with van der Waals surface area (Å²) in [5.41, 5.74) is 2.68. The van der Waals surface area contributed by atoms with Crippen LogP contribution in [-0.4, -0.2) is 0 Å². The van der Waals surface area contributed by atoms with Crippen molar-refractivity contribution in [2.24, 2.45) is 0 Å². The van der Waals surface area contributed by atoms with Crippen LogP contribution in [0.1, 0.15) is 31.4 Å². The van der Waals surface area contributed by atoms with Gasteiger partial charge in [0.15, 0.2) is 0 Å². The Balaban J connectivity index is 2.91. The zero-order chi connectivity index (χ0) is 11.1. The predicted molar refractivity (Wildman–Crippen MR) is 71.9 cm³/mol. The molecule has 0 heterocycles. The molecule has 0 nitrogen and oxygen atoms in total. The van der Waals surface area contributed by atoms with E-state index in [1.165, 1.54) is 16.0 Å². The average molecular weight is 218 g/mol. The van der Waals surface area contributed by atoms with Crippen LogP contribution in [0.25, 0.3) is 4.91 Å². The van der Waals surface area contributed by atoms with Gasteiger partial charge >= 0.3 is 0 Å². The van der Waals surface area contributed by atoms with Crippen molar-refractivity contribution in [1.82, 2.24) is 0 Å². The van der Waals surface area contributed by atoms with Crippen molar-refractivity contribution in [2.75, 3.05) is 0 Å². The third-order valence-electron chi connectivity index (χ3n) is 2.25. The van der Waals surface area contributed by atoms with Crippen molar-refractivity contribution < 1.29 is 0 Å². The number of benzene rings is 1. The topological polar surface area (TPSA) is 0 Å². The molecule has 0 aliphatic carbocycles. The normalized spacial score (nSPS) is 11.5. The van der Waals surface area contributed by atoms with Crippen LogP contribution >= 0.6 is 11.8 Å². The maximum absolute atomic E-state index is 3.76. The van der Waals surface area contributed by atoms with Gasteiger partial charge in [-0.15, -0.1) is 0 Å². The Morgan fingerprint density at radius 2 is 1.93 bits per heavy atom. The van der Waals surface area contributed by atoms with Gasteiger partial charge in [0.1, 0.15) is 0 Å². The van der Waals surface area contributed by atoms with E-state index in [9.17, 15) is 0 Å². The fourth-order valence-corrected chi connectivity index (χ4v) is 2.13. The molecule has 0 aromatic heterocycles. The molecule has 0 saturated carbocycles. The smallest absolute Gasteiger partial charge is 0.0148 e. The minimum Gasteiger partial charge on any atom is -0.0984 e. The Kier molecular flexibility index (Phi) is 5.27. The first-order valence-corrected chi connectivity index (χ1v) is 6.26. The lowest BCUT2D eigenvalue weighted by Crippen LogP contribution is -1.82. The molecule has 0 bridgehead atoms. The first-order valence-electron chi connectivity index (χ1n) is 5.38. The van der Waals surface area contributed by atoms with Crippen molar-refractivity contribution in [1.29, 1.82) is 0 Å². The number of rotatable bonds is 5. The lowest BCUT2D eigenvalue weighted by Gasteiger charge is -2.05. The number of allylic oxidation sites excluding steroid dienone is 1. The largest absolute Gasteiger partial charge is 0.0984 e. The second kappa shape index (κ2) is 6.52. The van der Waals surface area contributed by atoms with Gasteiger partial charge in [-0.1, -0.05) is 62.5 Å². The molecule has 15 heavy (non-hydrogen) atoms. The Morgan fingerprint density at radius 1 is 1.27 bits per heavy atom. The third-order valence-corrected chi connectivity index (χ3v) is 3.07. The molecule has 0 aliphatic rings. The van der Waals surface area contributed by atoms with Crippen LogP contribution in [0.5, 0.6) is 0 Å². The summed E-state index contributed by atoms with van der Waals surface area (Å²) >= 11 is 1.69. The van der Waals surface area contributed by atoms with Crippen LogP contribution in [0.2, 0.25) is 0 Å². The van der Waals surface area contributed by atoms with Crippen LogP contribution in [0.3, 0.4) is 0 Å². The van der Waals surface area contributed by atoms with Crippen LogP contribution < -0.4 is 0 Å². The van der Waals surface area contributed by atoms with Crippen molar-refractivity contribution in [3.8, 4) is 0 Å². The summed E-state index contributed by atoms with van der Waals surface area (Å²) in [4.78, 5) is 1.30. The molecule has 0 unspecified atom stereocenters. The molecular weight excluding hydrogens is 200 g/mol. The maximum atomic E-state index is 3.76. The highest BCUT2D eigenvalue weighted by Crippen LogP contribution is 2.28. The van der Waals surface area contributed by atoms with Crippen molar-refractivity contribution in [3.05, 3.63) is 53.5 Å². The van der Waals surface area contributed by atoms with E-state index in [-0.39, 0.29) is 0 Å². The van der Waals surface area contributed by atoms with E-state index in [1.807, 2.05) is 5.41 Å². The molecule has 1 aromatic rings. The summed E-state index contributed by atoms with van der Waals surface area (Å²) in [6.45, 7) is 8.10. The molecular formula is C14H18S. The molecule has 0 aliphatic heterocycles. The Labute approximate surface area is 97.1 Å². The van der Waals surface area contributed by atoms with Gasteiger partial charge in [-0.3, -0.25) is 0 Å². The van der Waals surface area contributed by atoms with Gasteiger partial charge in [-0.05, 0) is 29.4 Å². The highest BCUT2D eigenvalue weighted by atomic mass is 32.2. The molecule has 0 saturated heterocycles. The van der Waals surface area contributed by atoms with Crippen molar-refractivity contribution in [3.63, 3.8) is 0 Å². The Bertz CT molecular complexity index is 333. The Hall–Kier alpha value is -0.950. The van der Waals surface area contributed by atoms with Gasteiger partial charge in [-0.25, -0.2) is 0 Å². The van der Waals surface area contributed by atoms with Crippen LogP contribution in [0.15, 0.2) is 42.3 Å². The van der Waals surface area contributed by atoms with Gasteiger partial charge in [0, 0.05) is 4.91 Å². The van der Waals surface area contributed by atoms with E-state index in [1.54, 1.807) is 11.8 Å². The monoisotopic (exact) mass is 218 g/mol. The summed E-state index contributed by atoms with van der Waals surface area (Å²) in [7, 11) is 0. The predicted octanol–water partition coefficient (Wildman–Crippen LogP) is 4.88. The summed E-state index contributed by atoms with van der Waals surface area (Å²) in [6.07, 6.45) is 4.40. The zero-order valence-corrected chi connectivity index (χ0v) is 10.3. The van der Waals surface area contributed by atoms with Crippen LogP contribution in [0.4, 0.5) is 0 Å². The van der Waals surface area contributed by atoms with Gasteiger partial charge < -0.3 is 0 Å². The van der Waals surface area contributed by atoms with Crippen LogP contribution in [0, 0.1) is 0 Å². The molecule has 0 amide bonds. The molecule has 0 radical (unpaired) electrons. The minimum atomic E-state index is 1.06. The average Bonchev–Trinajstić information content (AvgIpc) is 2.29. The number of hydrogen-bond acceptors (Lipinski definition) is 1. The third kappa shape index (κ3) is 3.60. The summed E-state index contributed by atoms with van der Waals surface area (Å²) in [5, 5.41) is 1.88. The van der Waals surface area contributed by atoms with Crippen molar-refractivity contribution in [2.45, 2.75) is 26.7 Å². The standard InChI is InChI=1S/C14H18S/c1-4-7-14(15-6-3)13-10-8-12(5-2)9-11-13/h6-11H,3-5H2,1-2H3/b14-7-. The van der Waals surface area contributed by atoms with Gasteiger partial charge in [-0.2, -0.15) is 0 Å². The fourth-order valence-electron chi connectivity index (χ4n) is 1.41. The van der Waals surface area contributed by atoms with E-state index in [2.05, 4.69) is 50.8 Å². The fraction of sp³-hybridized carbons (Fsp3) is 0.286. The second-order valence-corrected chi connectivity index (χ2v) is 4.32. The first-order chi connectivity index (χ1) is 7.31. The van der Waals surface area contributed by atoms with Crippen molar-refractivity contribution >= 4 is 16.7 Å². The van der Waals surface area contributed by atoms with Crippen LogP contribution in [-0.2, 0) is 6.42 Å². The van der Waals surface area contributed by atoms with E-state index < -0.39 is 0 Å². The molecule has 0 spiro atoms. The first kappa shape index (κ1) is 12.1. The molecule has 1 heteroatoms. The van der Waals surface area contributed by atoms with E-state index in [4.69, 9.17) is 0 Å². The molecule has 80 valence electrons. The lowest BCUT2D eigenvalue weighted by molar-refractivity contribution is 1.14. The van der Waals surface area contributed by atoms with E-state index >= 15 is 0 Å². The highest BCUT2D eigenvalue weighted by Gasteiger charge is 1.99. The lowest BCUT2D eigenvalue weighted by atomic mass is 10.1. The number of aryl methyl sites for hydroxylation is 1. The molecule has 0 N–H and O–H groups in total. The zero-order valence-electron chi connectivity index (χ0n) is 9.49. The molecule has 1 aromatic carbocycles. The highest BCUT2D eigenvalue weighted by molar-refractivity contribution is 8.10.